The largest absolute Gasteiger partial charge is 0.353 e. The van der Waals surface area contributed by atoms with E-state index in [1.807, 2.05) is 30.0 Å². The second kappa shape index (κ2) is 5.79. The summed E-state index contributed by atoms with van der Waals surface area (Å²) in [6.45, 7) is 3.43. The van der Waals surface area contributed by atoms with Gasteiger partial charge in [0, 0.05) is 35.6 Å². The monoisotopic (exact) mass is 350 g/mol. The minimum absolute atomic E-state index is 0.107. The van der Waals surface area contributed by atoms with Gasteiger partial charge in [0.05, 0.1) is 0 Å². The van der Waals surface area contributed by atoms with Gasteiger partial charge in [-0.3, -0.25) is 9.59 Å². The summed E-state index contributed by atoms with van der Waals surface area (Å²) in [5.41, 5.74) is 1.77. The first-order chi connectivity index (χ1) is 10.0. The van der Waals surface area contributed by atoms with Gasteiger partial charge in [-0.2, -0.15) is 0 Å². The third-order valence-electron chi connectivity index (χ3n) is 4.53. The molecule has 2 saturated heterocycles. The van der Waals surface area contributed by atoms with E-state index in [4.69, 9.17) is 0 Å². The summed E-state index contributed by atoms with van der Waals surface area (Å²) >= 11 is 3.43. The predicted molar refractivity (Wildman–Crippen MR) is 84.1 cm³/mol. The number of rotatable bonds is 1. The maximum absolute atomic E-state index is 12.7. The maximum Gasteiger partial charge on any atom is 0.254 e. The van der Waals surface area contributed by atoms with Gasteiger partial charge in [0.1, 0.15) is 0 Å². The van der Waals surface area contributed by atoms with E-state index in [-0.39, 0.29) is 17.9 Å². The molecule has 2 amide bonds. The topological polar surface area (TPSA) is 49.4 Å². The molecule has 2 atom stereocenters. The van der Waals surface area contributed by atoms with Crippen LogP contribution in [0.2, 0.25) is 0 Å². The Morgan fingerprint density at radius 3 is 2.95 bits per heavy atom. The highest BCUT2D eigenvalue weighted by atomic mass is 79.9. The summed E-state index contributed by atoms with van der Waals surface area (Å²) in [5.74, 6) is 0.659. The second-order valence-electron chi connectivity index (χ2n) is 5.97. The summed E-state index contributed by atoms with van der Waals surface area (Å²) in [5, 5.41) is 3.05. The van der Waals surface area contributed by atoms with Crippen molar-refractivity contribution in [1.29, 1.82) is 0 Å². The molecule has 2 aliphatic heterocycles. The number of amides is 2. The average Bonchev–Trinajstić information content (AvgIpc) is 2.46. The Balaban J connectivity index is 1.73. The summed E-state index contributed by atoms with van der Waals surface area (Å²) in [7, 11) is 0. The molecule has 1 N–H and O–H groups in total. The smallest absolute Gasteiger partial charge is 0.254 e. The molecule has 0 bridgehead atoms. The maximum atomic E-state index is 12.7. The van der Waals surface area contributed by atoms with Crippen LogP contribution in [0.4, 0.5) is 0 Å². The van der Waals surface area contributed by atoms with Gasteiger partial charge in [-0.25, -0.2) is 0 Å². The van der Waals surface area contributed by atoms with E-state index in [0.29, 0.717) is 12.3 Å². The van der Waals surface area contributed by atoms with Gasteiger partial charge in [0.2, 0.25) is 5.91 Å². The zero-order valence-electron chi connectivity index (χ0n) is 12.1. The van der Waals surface area contributed by atoms with Crippen LogP contribution in [0.5, 0.6) is 0 Å². The van der Waals surface area contributed by atoms with Gasteiger partial charge in [0.25, 0.3) is 5.91 Å². The molecule has 0 saturated carbocycles. The molecule has 2 fully saturated rings. The molecule has 2 heterocycles. The molecule has 0 aliphatic carbocycles. The Bertz CT molecular complexity index is 588. The van der Waals surface area contributed by atoms with E-state index in [1.165, 1.54) is 0 Å². The Morgan fingerprint density at radius 1 is 1.38 bits per heavy atom. The molecule has 4 nitrogen and oxygen atoms in total. The normalized spacial score (nSPS) is 25.2. The molecule has 1 aromatic carbocycles. The van der Waals surface area contributed by atoms with Crippen LogP contribution in [-0.2, 0) is 4.79 Å². The van der Waals surface area contributed by atoms with Crippen LogP contribution >= 0.6 is 15.9 Å². The minimum atomic E-state index is 0.107. The molecule has 5 heteroatoms. The van der Waals surface area contributed by atoms with Crippen molar-refractivity contribution in [3.8, 4) is 0 Å². The molecule has 0 aromatic heterocycles. The molecule has 1 aromatic rings. The highest BCUT2D eigenvalue weighted by molar-refractivity contribution is 9.10. The van der Waals surface area contributed by atoms with Crippen LogP contribution in [0.25, 0.3) is 0 Å². The van der Waals surface area contributed by atoms with Crippen molar-refractivity contribution in [2.24, 2.45) is 5.92 Å². The van der Waals surface area contributed by atoms with Gasteiger partial charge in [-0.15, -0.1) is 0 Å². The average molecular weight is 351 g/mol. The number of nitrogens with one attached hydrogen (secondary N) is 1. The highest BCUT2D eigenvalue weighted by Crippen LogP contribution is 2.27. The first-order valence-electron chi connectivity index (χ1n) is 7.39. The number of benzene rings is 1. The van der Waals surface area contributed by atoms with E-state index in [9.17, 15) is 9.59 Å². The Kier molecular flexibility index (Phi) is 4.02. The Morgan fingerprint density at radius 2 is 2.19 bits per heavy atom. The number of halogens is 1. The molecule has 2 unspecified atom stereocenters. The third-order valence-corrected chi connectivity index (χ3v) is 5.02. The SMILES string of the molecule is Cc1cc(Br)ccc1C(=O)N1CCC2NC(=O)CCC2C1. The van der Waals surface area contributed by atoms with Crippen molar-refractivity contribution in [3.63, 3.8) is 0 Å². The zero-order chi connectivity index (χ0) is 15.0. The lowest BCUT2D eigenvalue weighted by atomic mass is 9.85. The quantitative estimate of drug-likeness (QED) is 0.845. The Hall–Kier alpha value is -1.36. The van der Waals surface area contributed by atoms with Crippen molar-refractivity contribution >= 4 is 27.7 Å². The van der Waals surface area contributed by atoms with Crippen LogP contribution in [0.1, 0.15) is 35.2 Å². The van der Waals surface area contributed by atoms with E-state index in [2.05, 4.69) is 21.2 Å². The lowest BCUT2D eigenvalue weighted by molar-refractivity contribution is -0.125. The van der Waals surface area contributed by atoms with E-state index in [0.717, 1.165) is 41.5 Å². The fourth-order valence-corrected chi connectivity index (χ4v) is 3.81. The number of likely N-dealkylation sites (tertiary alicyclic amines) is 1. The van der Waals surface area contributed by atoms with Crippen molar-refractivity contribution in [3.05, 3.63) is 33.8 Å². The molecule has 112 valence electrons. The molecular weight excluding hydrogens is 332 g/mol. The molecular formula is C16H19BrN2O2. The van der Waals surface area contributed by atoms with E-state index < -0.39 is 0 Å². The lowest BCUT2D eigenvalue weighted by Crippen LogP contribution is -2.55. The first kappa shape index (κ1) is 14.6. The summed E-state index contributed by atoms with van der Waals surface area (Å²) < 4.78 is 0.991. The molecule has 0 radical (unpaired) electrons. The fraction of sp³-hybridized carbons (Fsp3) is 0.500. The third kappa shape index (κ3) is 2.98. The number of aryl methyl sites for hydroxylation is 1. The number of carbonyl (C=O) groups excluding carboxylic acids is 2. The van der Waals surface area contributed by atoms with Crippen LogP contribution in [0.15, 0.2) is 22.7 Å². The van der Waals surface area contributed by atoms with Crippen molar-refractivity contribution in [2.45, 2.75) is 32.2 Å². The number of nitrogens with zero attached hydrogens (tertiary/aromatic N) is 1. The van der Waals surface area contributed by atoms with Crippen molar-refractivity contribution in [1.82, 2.24) is 10.2 Å². The number of hydrogen-bond acceptors (Lipinski definition) is 2. The first-order valence-corrected chi connectivity index (χ1v) is 8.18. The zero-order valence-corrected chi connectivity index (χ0v) is 13.6. The van der Waals surface area contributed by atoms with Crippen LogP contribution < -0.4 is 5.32 Å². The van der Waals surface area contributed by atoms with E-state index >= 15 is 0 Å². The number of fused-ring (bicyclic) bond motifs is 1. The Labute approximate surface area is 133 Å². The van der Waals surface area contributed by atoms with Gasteiger partial charge >= 0.3 is 0 Å². The van der Waals surface area contributed by atoms with Gasteiger partial charge in [-0.1, -0.05) is 15.9 Å². The van der Waals surface area contributed by atoms with Crippen molar-refractivity contribution < 1.29 is 9.59 Å². The van der Waals surface area contributed by atoms with Gasteiger partial charge in [-0.05, 0) is 49.4 Å². The van der Waals surface area contributed by atoms with Gasteiger partial charge in [0.15, 0.2) is 0 Å². The van der Waals surface area contributed by atoms with Crippen LogP contribution in [-0.4, -0.2) is 35.8 Å². The summed E-state index contributed by atoms with van der Waals surface area (Å²) in [4.78, 5) is 26.1. The predicted octanol–water partition coefficient (Wildman–Crippen LogP) is 2.50. The molecule has 2 aliphatic rings. The summed E-state index contributed by atoms with van der Waals surface area (Å²) in [6, 6.07) is 6.02. The number of carbonyl (C=O) groups is 2. The second-order valence-corrected chi connectivity index (χ2v) is 6.89. The molecule has 0 spiro atoms. The van der Waals surface area contributed by atoms with Crippen molar-refractivity contribution in [2.75, 3.05) is 13.1 Å². The number of hydrogen-bond donors (Lipinski definition) is 1. The lowest BCUT2D eigenvalue weighted by Gasteiger charge is -2.41. The minimum Gasteiger partial charge on any atom is -0.353 e. The standard InChI is InChI=1S/C16H19BrN2O2/c1-10-8-12(17)3-4-13(10)16(21)19-7-6-14-11(9-19)2-5-15(20)18-14/h3-4,8,11,14H,2,5-7,9H2,1H3,(H,18,20). The highest BCUT2D eigenvalue weighted by Gasteiger charge is 2.35. The van der Waals surface area contributed by atoms with E-state index in [1.54, 1.807) is 0 Å². The molecule has 3 rings (SSSR count). The van der Waals surface area contributed by atoms with Gasteiger partial charge < -0.3 is 10.2 Å². The van der Waals surface area contributed by atoms with Crippen LogP contribution in [0.3, 0.4) is 0 Å². The number of piperidine rings is 2. The fourth-order valence-electron chi connectivity index (χ4n) is 3.33. The molecule has 21 heavy (non-hydrogen) atoms. The summed E-state index contributed by atoms with van der Waals surface area (Å²) in [6.07, 6.45) is 2.33. The van der Waals surface area contributed by atoms with Crippen LogP contribution in [0, 0.1) is 12.8 Å².